The Labute approximate surface area is 242 Å². The summed E-state index contributed by atoms with van der Waals surface area (Å²) in [7, 11) is 0. The molecule has 5 aromatic rings. The second kappa shape index (κ2) is 11.0. The molecule has 2 amide bonds. The van der Waals surface area contributed by atoms with E-state index in [0.717, 1.165) is 28.1 Å². The maximum Gasteiger partial charge on any atom is 0.255 e. The minimum atomic E-state index is -0.542. The minimum Gasteiger partial charge on any atom is -0.322 e. The van der Waals surface area contributed by atoms with Gasteiger partial charge in [-0.15, -0.1) is 15.3 Å². The Hall–Kier alpha value is -4.71. The van der Waals surface area contributed by atoms with Crippen molar-refractivity contribution in [3.8, 4) is 22.6 Å². The number of aromatic nitrogens is 6. The first kappa shape index (κ1) is 26.5. The summed E-state index contributed by atoms with van der Waals surface area (Å²) in [6, 6.07) is 18.2. The Kier molecular flexibility index (Phi) is 7.14. The summed E-state index contributed by atoms with van der Waals surface area (Å²) in [5, 5.41) is 19.2. The van der Waals surface area contributed by atoms with Crippen LogP contribution in [0, 0.1) is 5.82 Å². The van der Waals surface area contributed by atoms with Crippen LogP contribution in [0.4, 0.5) is 15.8 Å². The van der Waals surface area contributed by atoms with Crippen LogP contribution in [0.2, 0.25) is 0 Å². The summed E-state index contributed by atoms with van der Waals surface area (Å²) in [4.78, 5) is 27.8. The Balaban J connectivity index is 1.17. The Bertz CT molecular complexity index is 1730. The first-order valence-electron chi connectivity index (χ1n) is 13.0. The van der Waals surface area contributed by atoms with Crippen molar-refractivity contribution in [1.82, 2.24) is 29.8 Å². The molecular weight excluding hydrogens is 591 g/mol. The van der Waals surface area contributed by atoms with Gasteiger partial charge in [-0.05, 0) is 67.9 Å². The molecule has 0 aliphatic carbocycles. The molecule has 6 rings (SSSR count). The molecule has 1 fully saturated rings. The van der Waals surface area contributed by atoms with Crippen molar-refractivity contribution in [3.63, 3.8) is 0 Å². The largest absolute Gasteiger partial charge is 0.322 e. The second-order valence-corrected chi connectivity index (χ2v) is 10.4. The summed E-state index contributed by atoms with van der Waals surface area (Å²) in [6.45, 7) is 3.27. The number of benzene rings is 3. The number of nitrogens with zero attached hydrogens (tertiary/aromatic N) is 7. The van der Waals surface area contributed by atoms with E-state index in [1.54, 1.807) is 29.6 Å². The Morgan fingerprint density at radius 3 is 2.61 bits per heavy atom. The van der Waals surface area contributed by atoms with Gasteiger partial charge in [-0.25, -0.2) is 9.07 Å². The Morgan fingerprint density at radius 2 is 1.85 bits per heavy atom. The van der Waals surface area contributed by atoms with Gasteiger partial charge in [-0.3, -0.25) is 9.59 Å². The van der Waals surface area contributed by atoms with Crippen molar-refractivity contribution < 1.29 is 14.0 Å². The molecule has 206 valence electrons. The van der Waals surface area contributed by atoms with Crippen LogP contribution in [0.15, 0.2) is 83.7 Å². The molecular formula is C29H24BrFN8O2. The zero-order valence-corrected chi connectivity index (χ0v) is 23.5. The van der Waals surface area contributed by atoms with E-state index in [4.69, 9.17) is 0 Å². The average Bonchev–Trinajstić information content (AvgIpc) is 3.74. The monoisotopic (exact) mass is 614 g/mol. The van der Waals surface area contributed by atoms with Crippen LogP contribution in [0.25, 0.3) is 22.6 Å². The average molecular weight is 615 g/mol. The number of carbonyl (C=O) groups excluding carboxylic acids is 2. The third kappa shape index (κ3) is 5.25. The molecule has 3 aromatic carbocycles. The van der Waals surface area contributed by atoms with Crippen molar-refractivity contribution in [2.75, 3.05) is 16.8 Å². The predicted octanol–water partition coefficient (Wildman–Crippen LogP) is 5.36. The highest BCUT2D eigenvalue weighted by Crippen LogP contribution is 2.31. The maximum atomic E-state index is 14.9. The van der Waals surface area contributed by atoms with E-state index in [0.29, 0.717) is 24.2 Å². The summed E-state index contributed by atoms with van der Waals surface area (Å²) in [5.41, 5.74) is 2.90. The van der Waals surface area contributed by atoms with E-state index in [1.165, 1.54) is 22.9 Å². The number of carbonyl (C=O) groups is 2. The van der Waals surface area contributed by atoms with Crippen LogP contribution >= 0.6 is 15.9 Å². The maximum absolute atomic E-state index is 14.9. The number of amides is 2. The molecule has 10 nitrogen and oxygen atoms in total. The van der Waals surface area contributed by atoms with Gasteiger partial charge < -0.3 is 14.8 Å². The number of rotatable bonds is 7. The zero-order valence-electron chi connectivity index (χ0n) is 21.9. The van der Waals surface area contributed by atoms with Gasteiger partial charge in [0.2, 0.25) is 0 Å². The van der Waals surface area contributed by atoms with Crippen LogP contribution in [0.3, 0.4) is 0 Å². The van der Waals surface area contributed by atoms with E-state index in [9.17, 15) is 14.0 Å². The highest BCUT2D eigenvalue weighted by Gasteiger charge is 2.35. The van der Waals surface area contributed by atoms with Gasteiger partial charge in [-0.2, -0.15) is 0 Å². The molecule has 1 atom stereocenters. The smallest absolute Gasteiger partial charge is 0.255 e. The van der Waals surface area contributed by atoms with E-state index in [2.05, 4.69) is 41.8 Å². The summed E-state index contributed by atoms with van der Waals surface area (Å²) < 4.78 is 19.2. The fraction of sp³-hybridized carbons (Fsp3) is 0.172. The number of hydrogen-bond acceptors (Lipinski definition) is 6. The molecule has 2 aromatic heterocycles. The predicted molar refractivity (Wildman–Crippen MR) is 155 cm³/mol. The summed E-state index contributed by atoms with van der Waals surface area (Å²) in [5.74, 6) is -0.254. The molecule has 0 bridgehead atoms. The fourth-order valence-corrected chi connectivity index (χ4v) is 5.09. The van der Waals surface area contributed by atoms with Gasteiger partial charge in [0, 0.05) is 45.6 Å². The number of aryl methyl sites for hydroxylation is 1. The lowest BCUT2D eigenvalue weighted by Gasteiger charge is -2.16. The molecule has 1 aliphatic rings. The molecule has 41 heavy (non-hydrogen) atoms. The number of halogens is 2. The topological polar surface area (TPSA) is 111 Å². The fourth-order valence-electron chi connectivity index (χ4n) is 4.82. The number of nitrogens with one attached hydrogen (secondary N) is 1. The van der Waals surface area contributed by atoms with E-state index >= 15 is 0 Å². The molecule has 0 radical (unpaired) electrons. The van der Waals surface area contributed by atoms with Crippen molar-refractivity contribution in [1.29, 1.82) is 0 Å². The van der Waals surface area contributed by atoms with Gasteiger partial charge in [0.05, 0.1) is 6.20 Å². The molecule has 1 aliphatic heterocycles. The van der Waals surface area contributed by atoms with Crippen LogP contribution in [-0.4, -0.2) is 48.1 Å². The minimum absolute atomic E-state index is 0.105. The highest BCUT2D eigenvalue weighted by molar-refractivity contribution is 9.10. The van der Waals surface area contributed by atoms with Crippen molar-refractivity contribution in [2.24, 2.45) is 0 Å². The lowest BCUT2D eigenvalue weighted by atomic mass is 10.1. The zero-order chi connectivity index (χ0) is 28.5. The third-order valence-corrected chi connectivity index (χ3v) is 7.54. The van der Waals surface area contributed by atoms with E-state index < -0.39 is 11.9 Å². The molecule has 1 saturated heterocycles. The molecule has 1 unspecified atom stereocenters. The van der Waals surface area contributed by atoms with E-state index in [-0.39, 0.29) is 23.1 Å². The van der Waals surface area contributed by atoms with E-state index in [1.807, 2.05) is 47.9 Å². The van der Waals surface area contributed by atoms with Crippen molar-refractivity contribution in [2.45, 2.75) is 25.9 Å². The summed E-state index contributed by atoms with van der Waals surface area (Å²) in [6.07, 6.45) is 3.77. The van der Waals surface area contributed by atoms with Gasteiger partial charge in [-0.1, -0.05) is 33.3 Å². The standard InChI is InChI=1S/C29H24BrFN8O2/c1-2-37-17-32-35-27(37)18-3-5-19(6-4-18)28(40)33-21-9-12-24(31)23(15-21)25-16-39(36-34-25)26-13-14-38(29(26)41)22-10-7-20(30)8-11-22/h3-12,15-17,26H,2,13-14H2,1H3,(H,33,40). The lowest BCUT2D eigenvalue weighted by molar-refractivity contribution is -0.120. The normalized spacial score (nSPS) is 15.0. The van der Waals surface area contributed by atoms with Gasteiger partial charge in [0.25, 0.3) is 11.8 Å². The molecule has 0 spiro atoms. The van der Waals surface area contributed by atoms with Gasteiger partial charge >= 0.3 is 0 Å². The van der Waals surface area contributed by atoms with Crippen LogP contribution < -0.4 is 10.2 Å². The first-order valence-corrected chi connectivity index (χ1v) is 13.8. The molecule has 1 N–H and O–H groups in total. The van der Waals surface area contributed by atoms with Gasteiger partial charge in [0.15, 0.2) is 5.82 Å². The summed E-state index contributed by atoms with van der Waals surface area (Å²) >= 11 is 3.41. The van der Waals surface area contributed by atoms with Crippen molar-refractivity contribution in [3.05, 3.63) is 95.1 Å². The highest BCUT2D eigenvalue weighted by atomic mass is 79.9. The van der Waals surface area contributed by atoms with Crippen LogP contribution in [0.5, 0.6) is 0 Å². The van der Waals surface area contributed by atoms with Crippen molar-refractivity contribution >= 4 is 39.1 Å². The number of anilines is 2. The molecule has 12 heteroatoms. The lowest BCUT2D eigenvalue weighted by Crippen LogP contribution is -2.28. The van der Waals surface area contributed by atoms with Gasteiger partial charge in [0.1, 0.15) is 23.9 Å². The second-order valence-electron chi connectivity index (χ2n) is 9.52. The van der Waals surface area contributed by atoms with Crippen LogP contribution in [-0.2, 0) is 11.3 Å². The molecule has 0 saturated carbocycles. The SMILES string of the molecule is CCn1cnnc1-c1ccc(C(=O)Nc2ccc(F)c(-c3cn(C4CCN(c5ccc(Br)cc5)C4=O)nn3)c2)cc1. The molecule has 3 heterocycles. The third-order valence-electron chi connectivity index (χ3n) is 7.01. The Morgan fingerprint density at radius 1 is 1.07 bits per heavy atom. The first-order chi connectivity index (χ1) is 19.9. The quantitative estimate of drug-likeness (QED) is 0.264. The van der Waals surface area contributed by atoms with Crippen LogP contribution in [0.1, 0.15) is 29.7 Å². The number of hydrogen-bond donors (Lipinski definition) is 1.